The maximum absolute atomic E-state index is 14.3. The monoisotopic (exact) mass is 821 g/mol. The molecule has 15 heteroatoms. The lowest BCUT2D eigenvalue weighted by atomic mass is 9.84. The molecule has 2 aliphatic rings. The first kappa shape index (κ1) is 48.3. The number of esters is 1. The van der Waals surface area contributed by atoms with Gasteiger partial charge in [0.15, 0.2) is 0 Å². The van der Waals surface area contributed by atoms with Gasteiger partial charge < -0.3 is 40.4 Å². The minimum absolute atomic E-state index is 0.0331. The van der Waals surface area contributed by atoms with Crippen molar-refractivity contribution < 1.29 is 48.8 Å². The van der Waals surface area contributed by atoms with Crippen molar-refractivity contribution in [3.05, 3.63) is 77.9 Å². The summed E-state index contributed by atoms with van der Waals surface area (Å²) in [7, 11) is 0. The van der Waals surface area contributed by atoms with Crippen LogP contribution in [0.2, 0.25) is 0 Å². The Morgan fingerprint density at radius 3 is 2.39 bits per heavy atom. The molecule has 0 aromatic heterocycles. The van der Waals surface area contributed by atoms with Gasteiger partial charge in [-0.15, -0.1) is 0 Å². The molecule has 324 valence electrons. The van der Waals surface area contributed by atoms with Crippen LogP contribution in [-0.2, 0) is 33.5 Å². The third-order valence-corrected chi connectivity index (χ3v) is 10.7. The number of hydrogen-bond donors (Lipinski definition) is 6. The molecule has 8 atom stereocenters. The van der Waals surface area contributed by atoms with Gasteiger partial charge in [-0.1, -0.05) is 69.4 Å². The lowest BCUT2D eigenvalue weighted by molar-refractivity contribution is -0.156. The summed E-state index contributed by atoms with van der Waals surface area (Å²) >= 11 is 0. The minimum Gasteiger partial charge on any atom is -0.508 e. The van der Waals surface area contributed by atoms with Gasteiger partial charge in [0.05, 0.1) is 18.1 Å². The molecule has 1 aromatic carbocycles. The second kappa shape index (κ2) is 23.5. The fraction of sp³-hybridized carbons (Fsp3) is 0.545. The molecule has 15 nitrogen and oxygen atoms in total. The molecule has 6 N–H and O–H groups in total. The van der Waals surface area contributed by atoms with Crippen molar-refractivity contribution in [1.82, 2.24) is 26.0 Å². The molecule has 4 amide bonds. The molecule has 2 heterocycles. The average Bonchev–Trinajstić information content (AvgIpc) is 3.20. The van der Waals surface area contributed by atoms with Crippen LogP contribution in [0, 0.1) is 17.8 Å². The molecule has 1 aromatic rings. The first-order valence-corrected chi connectivity index (χ1v) is 20.5. The van der Waals surface area contributed by atoms with E-state index in [0.29, 0.717) is 31.5 Å². The van der Waals surface area contributed by atoms with Crippen LogP contribution in [0.1, 0.15) is 92.2 Å². The lowest BCUT2D eigenvalue weighted by Crippen LogP contribution is -2.59. The van der Waals surface area contributed by atoms with E-state index >= 15 is 0 Å². The van der Waals surface area contributed by atoms with E-state index in [-0.39, 0.29) is 48.8 Å². The van der Waals surface area contributed by atoms with Gasteiger partial charge in [0.2, 0.25) is 17.7 Å². The molecule has 1 fully saturated rings. The number of phenolic OH excluding ortho intramolecular Hbond substituents is 1. The second-order valence-corrected chi connectivity index (χ2v) is 15.5. The third-order valence-electron chi connectivity index (χ3n) is 10.7. The number of hydrogen-bond acceptors (Lipinski definition) is 11. The quantitative estimate of drug-likeness (QED) is 0.114. The summed E-state index contributed by atoms with van der Waals surface area (Å²) in [6.07, 6.45) is 8.57. The van der Waals surface area contributed by atoms with E-state index < -0.39 is 77.9 Å². The van der Waals surface area contributed by atoms with Crippen LogP contribution in [0.4, 0.5) is 0 Å². The molecule has 2 aliphatic heterocycles. The number of nitrogens with zero attached hydrogens (tertiary/aromatic N) is 2. The first-order chi connectivity index (χ1) is 28.0. The van der Waals surface area contributed by atoms with Crippen LogP contribution in [0.15, 0.2) is 72.4 Å². The van der Waals surface area contributed by atoms with Crippen molar-refractivity contribution in [3.63, 3.8) is 0 Å². The Bertz CT molecular complexity index is 1750. The number of carbonyl (C=O) groups excluding carboxylic acids is 6. The summed E-state index contributed by atoms with van der Waals surface area (Å²) in [4.78, 5) is 82.3. The van der Waals surface area contributed by atoms with Crippen molar-refractivity contribution in [1.29, 1.82) is 0 Å². The van der Waals surface area contributed by atoms with Crippen LogP contribution in [0.5, 0.6) is 5.75 Å². The van der Waals surface area contributed by atoms with Gasteiger partial charge in [0.1, 0.15) is 35.8 Å². The molecule has 0 spiro atoms. The van der Waals surface area contributed by atoms with Crippen LogP contribution in [0.25, 0.3) is 0 Å². The number of hydrazine groups is 1. The highest BCUT2D eigenvalue weighted by Gasteiger charge is 2.39. The van der Waals surface area contributed by atoms with Crippen LogP contribution in [0.3, 0.4) is 0 Å². The number of aliphatic hydroxyl groups excluding tert-OH is 2. The Labute approximate surface area is 347 Å². The smallest absolute Gasteiger partial charge is 0.325 e. The highest BCUT2D eigenvalue weighted by Crippen LogP contribution is 2.26. The Morgan fingerprint density at radius 2 is 1.75 bits per heavy atom. The van der Waals surface area contributed by atoms with E-state index in [1.807, 2.05) is 13.8 Å². The molecule has 2 unspecified atom stereocenters. The largest absolute Gasteiger partial charge is 0.508 e. The molecule has 0 saturated carbocycles. The Morgan fingerprint density at radius 1 is 1.03 bits per heavy atom. The molecule has 0 radical (unpaired) electrons. The van der Waals surface area contributed by atoms with Gasteiger partial charge in [-0.2, -0.15) is 0 Å². The number of rotatable bonds is 10. The van der Waals surface area contributed by atoms with Crippen LogP contribution >= 0.6 is 0 Å². The molecular formula is C44H63N5O10. The molecule has 3 rings (SSSR count). The molecule has 2 bridgehead atoms. The normalized spacial score (nSPS) is 28.2. The fourth-order valence-corrected chi connectivity index (χ4v) is 6.89. The number of ether oxygens (including phenoxy) is 1. The summed E-state index contributed by atoms with van der Waals surface area (Å²) in [5, 5.41) is 39.6. The third kappa shape index (κ3) is 14.3. The van der Waals surface area contributed by atoms with Gasteiger partial charge in [0, 0.05) is 44.5 Å². The highest BCUT2D eigenvalue weighted by atomic mass is 16.5. The van der Waals surface area contributed by atoms with Crippen molar-refractivity contribution >= 4 is 35.4 Å². The second-order valence-electron chi connectivity index (χ2n) is 15.5. The van der Waals surface area contributed by atoms with Gasteiger partial charge in [-0.05, 0) is 76.1 Å². The van der Waals surface area contributed by atoms with Crippen molar-refractivity contribution in [2.75, 3.05) is 19.6 Å². The van der Waals surface area contributed by atoms with Gasteiger partial charge >= 0.3 is 5.97 Å². The van der Waals surface area contributed by atoms with Crippen molar-refractivity contribution in [2.45, 2.75) is 117 Å². The Hall–Kier alpha value is -5.12. The predicted molar refractivity (Wildman–Crippen MR) is 222 cm³/mol. The fourth-order valence-electron chi connectivity index (χ4n) is 6.89. The molecule has 1 saturated heterocycles. The number of benzene rings is 1. The summed E-state index contributed by atoms with van der Waals surface area (Å²) in [6.45, 7) is 13.1. The number of phenols is 1. The SMILES string of the molecule is CCN(CC)C(=O)/C=C/C=C(\C)[C@@H]1C/C=C/C=C/[C@H](O)[C@H](C)[C@@H](O)[C@@H](CCC(C)=O)C(=O)N[C@@H](C(C)C)C(=O)NC(c2cccc(O)c2)C(=O)N2CCCC(N2)C(=O)O1. The molecular weight excluding hydrogens is 759 g/mol. The number of likely N-dealkylation sites (N-methyl/N-ethyl adjacent to an activating group) is 1. The number of nitrogens with one attached hydrogen (secondary N) is 3. The number of amides is 4. The van der Waals surface area contributed by atoms with Crippen LogP contribution in [-0.4, -0.2) is 111 Å². The number of fused-ring (bicyclic) bond motifs is 2. The minimum atomic E-state index is -1.43. The molecule has 0 aliphatic carbocycles. The Kier molecular flexibility index (Phi) is 19.2. The van der Waals surface area contributed by atoms with E-state index in [9.17, 15) is 44.1 Å². The van der Waals surface area contributed by atoms with E-state index in [1.54, 1.807) is 69.0 Å². The number of carbonyl (C=O) groups is 6. The zero-order valence-corrected chi connectivity index (χ0v) is 35.3. The Balaban J connectivity index is 2.09. The van der Waals surface area contributed by atoms with Crippen molar-refractivity contribution in [3.8, 4) is 5.75 Å². The van der Waals surface area contributed by atoms with E-state index in [4.69, 9.17) is 4.74 Å². The lowest BCUT2D eigenvalue weighted by Gasteiger charge is -2.36. The number of aromatic hydroxyl groups is 1. The van der Waals surface area contributed by atoms with E-state index in [1.165, 1.54) is 42.3 Å². The summed E-state index contributed by atoms with van der Waals surface area (Å²) in [5.74, 6) is -5.82. The number of ketones is 1. The highest BCUT2D eigenvalue weighted by molar-refractivity contribution is 5.93. The molecule has 59 heavy (non-hydrogen) atoms. The average molecular weight is 822 g/mol. The van der Waals surface area contributed by atoms with Gasteiger partial charge in [-0.3, -0.25) is 29.0 Å². The summed E-state index contributed by atoms with van der Waals surface area (Å²) < 4.78 is 6.03. The zero-order chi connectivity index (χ0) is 43.8. The summed E-state index contributed by atoms with van der Waals surface area (Å²) in [5.41, 5.74) is 3.85. The number of cyclic esters (lactones) is 1. The van der Waals surface area contributed by atoms with E-state index in [0.717, 1.165) is 0 Å². The standard InChI is InChI=1S/C44H63N5O10/c1-8-48(9-2)37(53)22-13-16-28(5)36-21-12-10-11-20-35(52)30(7)40(54)33(24-23-29(6)50)41(55)45-38(27(3)4)42(56)46-39(31-17-14-18-32(51)26-31)43(57)49-25-15-19-34(47-49)44(58)59-36/h10-14,16-18,20,22,26-27,30,33-36,38-40,47,51-52,54H,8-9,15,19,21,23-25H2,1-7H3,(H,45,55)(H,46,56)/b12-10+,20-11+,22-13+,28-16+/t30-,33+,34?,35-,36-,38-,39?,40+/m0/s1. The maximum atomic E-state index is 14.3. The number of aliphatic hydroxyl groups is 2. The van der Waals surface area contributed by atoms with E-state index in [2.05, 4.69) is 16.1 Å². The summed E-state index contributed by atoms with van der Waals surface area (Å²) in [6, 6.07) is 2.29. The predicted octanol–water partition coefficient (Wildman–Crippen LogP) is 3.33. The maximum Gasteiger partial charge on any atom is 0.325 e. The number of Topliss-reactive ketones (excluding diaryl/α,β-unsaturated/α-hetero) is 1. The van der Waals surface area contributed by atoms with Gasteiger partial charge in [-0.25, -0.2) is 5.43 Å². The first-order valence-electron chi connectivity index (χ1n) is 20.5. The van der Waals surface area contributed by atoms with Crippen molar-refractivity contribution in [2.24, 2.45) is 17.8 Å². The topological polar surface area (TPSA) is 215 Å². The zero-order valence-electron chi connectivity index (χ0n) is 35.3. The number of allylic oxidation sites excluding steroid dienone is 4. The van der Waals surface area contributed by atoms with Crippen LogP contribution < -0.4 is 16.1 Å². The van der Waals surface area contributed by atoms with Gasteiger partial charge in [0.25, 0.3) is 5.91 Å².